The molecule has 0 bridgehead atoms. The fraction of sp³-hybridized carbons (Fsp3) is 0.429. The van der Waals surface area contributed by atoms with Crippen LogP contribution in [0.25, 0.3) is 5.57 Å². The molecule has 0 N–H and O–H groups in total. The zero-order valence-corrected chi connectivity index (χ0v) is 11.4. The van der Waals surface area contributed by atoms with Gasteiger partial charge in [0.1, 0.15) is 5.75 Å². The third-order valence-corrected chi connectivity index (χ3v) is 2.36. The molecule has 1 aromatic carbocycles. The summed E-state index contributed by atoms with van der Waals surface area (Å²) in [5, 5.41) is 0. The van der Waals surface area contributed by atoms with Crippen LogP contribution in [0.4, 0.5) is 0 Å². The molecule has 0 fully saturated rings. The van der Waals surface area contributed by atoms with Gasteiger partial charge in [0.15, 0.2) is 0 Å². The number of ether oxygens (including phenoxy) is 1. The highest BCUT2D eigenvalue weighted by Gasteiger charge is 2.04. The Morgan fingerprint density at radius 3 is 2.12 bits per heavy atom. The van der Waals surface area contributed by atoms with Gasteiger partial charge in [-0.15, -0.1) is 0 Å². The highest BCUT2D eigenvalue weighted by atomic mass is 16.5. The summed E-state index contributed by atoms with van der Waals surface area (Å²) < 4.78 is 5.17. The maximum Gasteiger partial charge on any atom is 0.118 e. The Balaban J connectivity index is 2.96. The Kier molecular flexibility index (Phi) is 5.04. The van der Waals surface area contributed by atoms with E-state index in [0.717, 1.165) is 12.3 Å². The smallest absolute Gasteiger partial charge is 0.118 e. The first-order valence-corrected chi connectivity index (χ1v) is 5.69. The number of methoxy groups -OCH3 is 1. The molecule has 1 rings (SSSR count). The van der Waals surface area contributed by atoms with Gasteiger partial charge >= 0.3 is 0 Å². The second-order valence-corrected chi connectivity index (χ2v) is 4.58. The minimum absolute atomic E-state index is 0.891. The van der Waals surface area contributed by atoms with Gasteiger partial charge in [0.25, 0.3) is 0 Å². The Bertz CT molecular complexity index is 366. The molecule has 0 aliphatic carbocycles. The van der Waals surface area contributed by atoms with Crippen LogP contribution in [0.2, 0.25) is 0 Å². The lowest BCUT2D eigenvalue weighted by molar-refractivity contribution is 0.414. The number of rotatable bonds is 5. The van der Waals surface area contributed by atoms with Crippen LogP contribution >= 0.6 is 0 Å². The van der Waals surface area contributed by atoms with Crippen LogP contribution in [0, 0.1) is 0 Å². The van der Waals surface area contributed by atoms with Gasteiger partial charge in [-0.2, -0.15) is 0 Å². The first-order valence-electron chi connectivity index (χ1n) is 5.69. The van der Waals surface area contributed by atoms with E-state index in [2.05, 4.69) is 42.2 Å². The van der Waals surface area contributed by atoms with E-state index in [4.69, 9.17) is 4.74 Å². The van der Waals surface area contributed by atoms with Crippen LogP contribution in [0.15, 0.2) is 30.5 Å². The molecular weight excluding hydrogens is 212 g/mol. The van der Waals surface area contributed by atoms with Gasteiger partial charge in [-0.25, -0.2) is 0 Å². The molecule has 0 aliphatic rings. The molecule has 3 nitrogen and oxygen atoms in total. The van der Waals surface area contributed by atoms with E-state index in [1.165, 1.54) is 11.1 Å². The van der Waals surface area contributed by atoms with Gasteiger partial charge in [0, 0.05) is 26.8 Å². The van der Waals surface area contributed by atoms with Crippen LogP contribution in [0.3, 0.4) is 0 Å². The van der Waals surface area contributed by atoms with E-state index in [1.54, 1.807) is 7.11 Å². The fourth-order valence-electron chi connectivity index (χ4n) is 1.66. The van der Waals surface area contributed by atoms with Gasteiger partial charge < -0.3 is 14.5 Å². The Morgan fingerprint density at radius 2 is 1.71 bits per heavy atom. The van der Waals surface area contributed by atoms with E-state index in [9.17, 15) is 0 Å². The monoisotopic (exact) mass is 234 g/mol. The largest absolute Gasteiger partial charge is 0.497 e. The van der Waals surface area contributed by atoms with Crippen molar-refractivity contribution in [3.05, 3.63) is 36.0 Å². The molecule has 3 heteroatoms. The molecule has 17 heavy (non-hydrogen) atoms. The van der Waals surface area contributed by atoms with E-state index in [1.807, 2.05) is 26.2 Å². The van der Waals surface area contributed by atoms with Gasteiger partial charge in [-0.3, -0.25) is 0 Å². The molecule has 0 aromatic heterocycles. The van der Waals surface area contributed by atoms with Crippen molar-refractivity contribution in [2.45, 2.75) is 0 Å². The molecule has 0 amide bonds. The van der Waals surface area contributed by atoms with E-state index < -0.39 is 0 Å². The molecule has 0 saturated heterocycles. The Hall–Kier alpha value is -1.48. The average Bonchev–Trinajstić information content (AvgIpc) is 2.27. The van der Waals surface area contributed by atoms with E-state index in [-0.39, 0.29) is 0 Å². The first-order chi connectivity index (χ1) is 8.02. The molecular formula is C14H22N2O. The minimum Gasteiger partial charge on any atom is -0.497 e. The maximum absolute atomic E-state index is 5.17. The quantitative estimate of drug-likeness (QED) is 0.776. The molecule has 0 heterocycles. The van der Waals surface area contributed by atoms with Crippen molar-refractivity contribution in [1.29, 1.82) is 0 Å². The summed E-state index contributed by atoms with van der Waals surface area (Å²) >= 11 is 0. The summed E-state index contributed by atoms with van der Waals surface area (Å²) in [4.78, 5) is 4.24. The van der Waals surface area contributed by atoms with Crippen LogP contribution in [-0.2, 0) is 0 Å². The van der Waals surface area contributed by atoms with Crippen molar-refractivity contribution in [2.75, 3.05) is 41.8 Å². The highest BCUT2D eigenvalue weighted by molar-refractivity contribution is 5.67. The zero-order valence-electron chi connectivity index (χ0n) is 11.4. The molecule has 0 unspecified atom stereocenters. The molecule has 0 spiro atoms. The molecule has 1 aromatic rings. The lowest BCUT2D eigenvalue weighted by Crippen LogP contribution is -2.16. The lowest BCUT2D eigenvalue weighted by atomic mass is 10.1. The lowest BCUT2D eigenvalue weighted by Gasteiger charge is -2.17. The van der Waals surface area contributed by atoms with Gasteiger partial charge in [-0.05, 0) is 37.4 Å². The average molecular weight is 234 g/mol. The summed E-state index contributed by atoms with van der Waals surface area (Å²) in [6.07, 6.45) is 2.15. The van der Waals surface area contributed by atoms with Gasteiger partial charge in [-0.1, -0.05) is 12.1 Å². The van der Waals surface area contributed by atoms with Crippen molar-refractivity contribution in [3.63, 3.8) is 0 Å². The Morgan fingerprint density at radius 1 is 1.12 bits per heavy atom. The summed E-state index contributed by atoms with van der Waals surface area (Å²) in [5.41, 5.74) is 2.52. The summed E-state index contributed by atoms with van der Waals surface area (Å²) in [6.45, 7) is 0.921. The second kappa shape index (κ2) is 6.30. The number of likely N-dealkylation sites (N-methyl/N-ethyl adjacent to an activating group) is 1. The first kappa shape index (κ1) is 13.6. The third kappa shape index (κ3) is 4.49. The van der Waals surface area contributed by atoms with Crippen molar-refractivity contribution < 1.29 is 4.74 Å². The van der Waals surface area contributed by atoms with Crippen LogP contribution < -0.4 is 4.74 Å². The molecule has 0 aliphatic heterocycles. The van der Waals surface area contributed by atoms with Crippen LogP contribution in [0.1, 0.15) is 5.56 Å². The predicted octanol–water partition coefficient (Wildman–Crippen LogP) is 2.16. The van der Waals surface area contributed by atoms with Crippen LogP contribution in [-0.4, -0.2) is 51.6 Å². The van der Waals surface area contributed by atoms with Gasteiger partial charge in [0.2, 0.25) is 0 Å². The topological polar surface area (TPSA) is 15.7 Å². The molecule has 0 radical (unpaired) electrons. The normalized spacial score (nSPS) is 11.8. The SMILES string of the molecule is COc1ccc(/C(=C\N(C)C)CN(C)C)cc1. The van der Waals surface area contributed by atoms with Crippen LogP contribution in [0.5, 0.6) is 5.75 Å². The number of hydrogen-bond acceptors (Lipinski definition) is 3. The van der Waals surface area contributed by atoms with E-state index in [0.29, 0.717) is 0 Å². The summed E-state index contributed by atoms with van der Waals surface area (Å²) in [6, 6.07) is 8.18. The third-order valence-electron chi connectivity index (χ3n) is 2.36. The summed E-state index contributed by atoms with van der Waals surface area (Å²) in [7, 11) is 9.92. The standard InChI is InChI=1S/C14H22N2O/c1-15(2)10-13(11-16(3)4)12-6-8-14(17-5)9-7-12/h6-10H,11H2,1-5H3/b13-10-. The fourth-order valence-corrected chi connectivity index (χ4v) is 1.66. The maximum atomic E-state index is 5.17. The van der Waals surface area contributed by atoms with Crippen molar-refractivity contribution in [3.8, 4) is 5.75 Å². The second-order valence-electron chi connectivity index (χ2n) is 4.58. The molecule has 0 atom stereocenters. The van der Waals surface area contributed by atoms with Crippen molar-refractivity contribution in [2.24, 2.45) is 0 Å². The van der Waals surface area contributed by atoms with Crippen molar-refractivity contribution in [1.82, 2.24) is 9.80 Å². The van der Waals surface area contributed by atoms with Gasteiger partial charge in [0.05, 0.1) is 7.11 Å². The number of hydrogen-bond donors (Lipinski definition) is 0. The molecule has 94 valence electrons. The molecule has 0 saturated carbocycles. The predicted molar refractivity (Wildman–Crippen MR) is 73.2 cm³/mol. The number of benzene rings is 1. The zero-order chi connectivity index (χ0) is 12.8. The van der Waals surface area contributed by atoms with Crippen molar-refractivity contribution >= 4 is 5.57 Å². The summed E-state index contributed by atoms with van der Waals surface area (Å²) in [5.74, 6) is 0.891. The highest BCUT2D eigenvalue weighted by Crippen LogP contribution is 2.19. The van der Waals surface area contributed by atoms with E-state index >= 15 is 0 Å². The minimum atomic E-state index is 0.891. The Labute approximate surface area is 104 Å². The number of nitrogens with zero attached hydrogens (tertiary/aromatic N) is 2.